The maximum absolute atomic E-state index is 13.1. The van der Waals surface area contributed by atoms with Crippen LogP contribution in [-0.4, -0.2) is 39.5 Å². The highest BCUT2D eigenvalue weighted by Gasteiger charge is 2.37. The summed E-state index contributed by atoms with van der Waals surface area (Å²) in [5.41, 5.74) is 1.42. The summed E-state index contributed by atoms with van der Waals surface area (Å²) in [4.78, 5) is 18.8. The number of aliphatic hydroxyl groups is 1. The minimum Gasteiger partial charge on any atom is -0.516 e. The van der Waals surface area contributed by atoms with E-state index in [2.05, 4.69) is 17.2 Å². The van der Waals surface area contributed by atoms with Crippen LogP contribution in [-0.2, 0) is 23.9 Å². The highest BCUT2D eigenvalue weighted by molar-refractivity contribution is 5.79. The predicted octanol–water partition coefficient (Wildman–Crippen LogP) is 4.37. The molecule has 170 valence electrons. The van der Waals surface area contributed by atoms with Crippen molar-refractivity contribution in [2.24, 2.45) is 11.8 Å². The van der Waals surface area contributed by atoms with Gasteiger partial charge in [-0.25, -0.2) is 0 Å². The van der Waals surface area contributed by atoms with Gasteiger partial charge in [-0.05, 0) is 61.6 Å². The van der Waals surface area contributed by atoms with Crippen LogP contribution in [0.4, 0.5) is 13.2 Å². The van der Waals surface area contributed by atoms with Crippen molar-refractivity contribution in [3.05, 3.63) is 40.9 Å². The Kier molecular flexibility index (Phi) is 6.28. The normalized spacial score (nSPS) is 30.5. The summed E-state index contributed by atoms with van der Waals surface area (Å²) in [5.74, 6) is 0.357. The van der Waals surface area contributed by atoms with Crippen LogP contribution in [0.5, 0.6) is 0 Å². The number of nitrogens with one attached hydrogen (secondary N) is 1. The molecule has 2 fully saturated rings. The van der Waals surface area contributed by atoms with Gasteiger partial charge < -0.3 is 15.3 Å². The lowest BCUT2D eigenvalue weighted by Gasteiger charge is -2.34. The number of nitrogens with zero attached hydrogens (tertiary/aromatic N) is 2. The second-order valence-corrected chi connectivity index (χ2v) is 9.26. The first-order valence-corrected chi connectivity index (χ1v) is 11.2. The summed E-state index contributed by atoms with van der Waals surface area (Å²) in [5, 5.41) is 13.2. The van der Waals surface area contributed by atoms with E-state index in [9.17, 15) is 23.1 Å². The van der Waals surface area contributed by atoms with E-state index in [1.807, 2.05) is 0 Å². The van der Waals surface area contributed by atoms with Crippen molar-refractivity contribution >= 4 is 5.91 Å². The van der Waals surface area contributed by atoms with Gasteiger partial charge in [0.1, 0.15) is 0 Å². The van der Waals surface area contributed by atoms with Crippen molar-refractivity contribution in [1.29, 1.82) is 0 Å². The van der Waals surface area contributed by atoms with Crippen LogP contribution in [0.15, 0.2) is 24.1 Å². The molecule has 4 unspecified atom stereocenters. The second kappa shape index (κ2) is 8.81. The fraction of sp³-hybridized carbons (Fsp3) is 0.652. The van der Waals surface area contributed by atoms with Crippen molar-refractivity contribution in [2.75, 3.05) is 6.54 Å². The zero-order chi connectivity index (χ0) is 22.2. The molecule has 31 heavy (non-hydrogen) atoms. The molecule has 4 rings (SSSR count). The van der Waals surface area contributed by atoms with Crippen molar-refractivity contribution in [2.45, 2.75) is 76.7 Å². The second-order valence-electron chi connectivity index (χ2n) is 9.26. The van der Waals surface area contributed by atoms with Gasteiger partial charge in [-0.2, -0.15) is 13.2 Å². The highest BCUT2D eigenvalue weighted by Crippen LogP contribution is 2.35. The maximum atomic E-state index is 13.1. The van der Waals surface area contributed by atoms with Crippen LogP contribution < -0.4 is 5.32 Å². The lowest BCUT2D eigenvalue weighted by atomic mass is 9.82. The first-order chi connectivity index (χ1) is 14.8. The molecule has 1 aromatic rings. The monoisotopic (exact) mass is 437 g/mol. The van der Waals surface area contributed by atoms with Gasteiger partial charge in [0.25, 0.3) is 0 Å². The third kappa shape index (κ3) is 4.73. The van der Waals surface area contributed by atoms with Crippen LogP contribution >= 0.6 is 0 Å². The van der Waals surface area contributed by atoms with Crippen molar-refractivity contribution in [3.63, 3.8) is 0 Å². The first kappa shape index (κ1) is 22.1. The Morgan fingerprint density at radius 2 is 2.10 bits per heavy atom. The van der Waals surface area contributed by atoms with Crippen molar-refractivity contribution in [3.8, 4) is 0 Å². The number of carbonyl (C=O) groups excluding carboxylic acids is 1. The Balaban J connectivity index is 1.38. The number of fused-ring (bicyclic) bond motifs is 1. The topological polar surface area (TPSA) is 65.5 Å². The lowest BCUT2D eigenvalue weighted by Crippen LogP contribution is -2.44. The summed E-state index contributed by atoms with van der Waals surface area (Å²) in [6.45, 7) is 2.87. The van der Waals surface area contributed by atoms with Gasteiger partial charge >= 0.3 is 6.18 Å². The van der Waals surface area contributed by atoms with Crippen LogP contribution in [0.25, 0.3) is 0 Å². The molecule has 2 heterocycles. The van der Waals surface area contributed by atoms with Crippen LogP contribution in [0.3, 0.4) is 0 Å². The molecule has 0 radical (unpaired) electrons. The van der Waals surface area contributed by atoms with E-state index in [0.29, 0.717) is 30.1 Å². The fourth-order valence-corrected chi connectivity index (χ4v) is 5.37. The van der Waals surface area contributed by atoms with E-state index in [0.717, 1.165) is 56.4 Å². The minimum atomic E-state index is -4.43. The Hall–Kier alpha value is -2.09. The van der Waals surface area contributed by atoms with Crippen molar-refractivity contribution < 1.29 is 23.1 Å². The molecular weight excluding hydrogens is 407 g/mol. The van der Waals surface area contributed by atoms with Crippen LogP contribution in [0.1, 0.15) is 62.3 Å². The molecule has 0 bridgehead atoms. The number of aromatic nitrogens is 1. The number of carbonyl (C=O) groups is 1. The molecule has 1 aliphatic heterocycles. The number of pyridine rings is 1. The molecule has 5 nitrogen and oxygen atoms in total. The quantitative estimate of drug-likeness (QED) is 0.689. The Morgan fingerprint density at radius 3 is 2.84 bits per heavy atom. The standard InChI is InChI=1S/C23H30F3N3O2/c1-14-3-2-4-16(13-30)21(14)28-19-6-5-15(10-19)22(31)29-8-7-20-17(12-29)9-18(11-27-20)23(24,25)26/h9,11,13-15,19,21,28,30H,2-8,10,12H2,1H3/b16-13+. The number of alkyl halides is 3. The predicted molar refractivity (Wildman–Crippen MR) is 110 cm³/mol. The summed E-state index contributed by atoms with van der Waals surface area (Å²) >= 11 is 0. The fourth-order valence-electron chi connectivity index (χ4n) is 5.37. The molecule has 1 amide bonds. The molecule has 3 aliphatic rings. The van der Waals surface area contributed by atoms with Gasteiger partial charge in [0.2, 0.25) is 5.91 Å². The summed E-state index contributed by atoms with van der Waals surface area (Å²) < 4.78 is 39.1. The average molecular weight is 438 g/mol. The van der Waals surface area contributed by atoms with Gasteiger partial charge in [-0.3, -0.25) is 9.78 Å². The number of hydrogen-bond acceptors (Lipinski definition) is 4. The Morgan fingerprint density at radius 1 is 1.29 bits per heavy atom. The highest BCUT2D eigenvalue weighted by atomic mass is 19.4. The molecule has 8 heteroatoms. The van der Waals surface area contributed by atoms with Gasteiger partial charge in [0.05, 0.1) is 11.8 Å². The van der Waals surface area contributed by atoms with Gasteiger partial charge in [-0.1, -0.05) is 6.92 Å². The van der Waals surface area contributed by atoms with Gasteiger partial charge in [0, 0.05) is 49.4 Å². The van der Waals surface area contributed by atoms with E-state index in [1.165, 1.54) is 6.26 Å². The third-order valence-electron chi connectivity index (χ3n) is 7.13. The van der Waals surface area contributed by atoms with E-state index < -0.39 is 11.7 Å². The molecule has 0 saturated heterocycles. The molecule has 2 saturated carbocycles. The summed E-state index contributed by atoms with van der Waals surface area (Å²) in [7, 11) is 0. The molecule has 1 aromatic heterocycles. The minimum absolute atomic E-state index is 0.0296. The third-order valence-corrected chi connectivity index (χ3v) is 7.13. The smallest absolute Gasteiger partial charge is 0.417 e. The Labute approximate surface area is 180 Å². The molecule has 4 atom stereocenters. The molecular formula is C23H30F3N3O2. The first-order valence-electron chi connectivity index (χ1n) is 11.2. The number of amides is 1. The lowest BCUT2D eigenvalue weighted by molar-refractivity contribution is -0.137. The maximum Gasteiger partial charge on any atom is 0.417 e. The average Bonchev–Trinajstić information content (AvgIpc) is 3.22. The zero-order valence-corrected chi connectivity index (χ0v) is 17.8. The summed E-state index contributed by atoms with van der Waals surface area (Å²) in [6.07, 6.45) is 3.66. The van der Waals surface area contributed by atoms with Crippen LogP contribution in [0.2, 0.25) is 0 Å². The van der Waals surface area contributed by atoms with E-state index in [4.69, 9.17) is 0 Å². The zero-order valence-electron chi connectivity index (χ0n) is 17.8. The molecule has 2 aliphatic carbocycles. The SMILES string of the molecule is CC1CCC/C(=C\O)C1NC1CCC(C(=O)N2CCc3ncc(C(F)(F)F)cc3C2)C1. The number of halogens is 3. The number of aliphatic hydroxyl groups excluding tert-OH is 1. The van der Waals surface area contributed by atoms with Gasteiger partial charge in [-0.15, -0.1) is 0 Å². The summed E-state index contributed by atoms with van der Waals surface area (Å²) in [6, 6.07) is 1.49. The van der Waals surface area contributed by atoms with E-state index in [1.54, 1.807) is 4.90 Å². The van der Waals surface area contributed by atoms with Crippen LogP contribution in [0, 0.1) is 11.8 Å². The largest absolute Gasteiger partial charge is 0.516 e. The van der Waals surface area contributed by atoms with E-state index in [-0.39, 0.29) is 30.5 Å². The molecule has 0 spiro atoms. The van der Waals surface area contributed by atoms with E-state index >= 15 is 0 Å². The molecule has 0 aromatic carbocycles. The number of hydrogen-bond donors (Lipinski definition) is 2. The Bertz CT molecular complexity index is 855. The number of rotatable bonds is 3. The van der Waals surface area contributed by atoms with Gasteiger partial charge in [0.15, 0.2) is 0 Å². The molecule has 2 N–H and O–H groups in total. The van der Waals surface area contributed by atoms with Crippen molar-refractivity contribution in [1.82, 2.24) is 15.2 Å².